The number of ether oxygens (including phenoxy) is 2. The maximum atomic E-state index is 12.4. The number of aromatic nitrogens is 4. The molecule has 2 aromatic heterocycles. The van der Waals surface area contributed by atoms with Gasteiger partial charge in [-0.05, 0) is 12.5 Å². The summed E-state index contributed by atoms with van der Waals surface area (Å²) < 4.78 is 12.0. The molecule has 3 rings (SSSR count). The van der Waals surface area contributed by atoms with Crippen LogP contribution < -0.4 is 14.4 Å². The summed E-state index contributed by atoms with van der Waals surface area (Å²) in [7, 11) is 3.08. The van der Waals surface area contributed by atoms with Crippen LogP contribution in [0.5, 0.6) is 11.9 Å². The zero-order valence-electron chi connectivity index (χ0n) is 14.5. The predicted octanol–water partition coefficient (Wildman–Crippen LogP) is 0.429. The zero-order valence-corrected chi connectivity index (χ0v) is 14.5. The molecule has 0 radical (unpaired) electrons. The van der Waals surface area contributed by atoms with E-state index in [0.29, 0.717) is 19.0 Å². The lowest BCUT2D eigenvalue weighted by Crippen LogP contribution is -2.37. The highest BCUT2D eigenvalue weighted by Crippen LogP contribution is 2.21. The van der Waals surface area contributed by atoms with Crippen molar-refractivity contribution in [1.82, 2.24) is 24.6 Å². The summed E-state index contributed by atoms with van der Waals surface area (Å²) in [5, 5.41) is 4.09. The molecule has 0 aromatic carbocycles. The van der Waals surface area contributed by atoms with Gasteiger partial charge in [0, 0.05) is 44.6 Å². The van der Waals surface area contributed by atoms with E-state index in [1.807, 2.05) is 11.0 Å². The Hall–Kier alpha value is -2.84. The third-order valence-corrected chi connectivity index (χ3v) is 4.09. The highest BCUT2D eigenvalue weighted by molar-refractivity contribution is 5.76. The highest BCUT2D eigenvalue weighted by Gasteiger charge is 2.21. The lowest BCUT2D eigenvalue weighted by Gasteiger charge is -2.23. The van der Waals surface area contributed by atoms with Gasteiger partial charge in [0.15, 0.2) is 0 Å². The van der Waals surface area contributed by atoms with E-state index in [2.05, 4.69) is 20.0 Å². The highest BCUT2D eigenvalue weighted by atomic mass is 16.5. The average Bonchev–Trinajstić information content (AvgIpc) is 3.02. The standard InChI is InChI=1S/C16H22N6O3/c1-24-14-11-13(18-16(19-14)25-2)20-6-4-7-21(10-9-20)15(23)12-22-8-3-5-17-22/h3,5,8,11H,4,6-7,9-10,12H2,1-2H3. The van der Waals surface area contributed by atoms with Crippen molar-refractivity contribution in [3.8, 4) is 11.9 Å². The van der Waals surface area contributed by atoms with Crippen molar-refractivity contribution in [2.45, 2.75) is 13.0 Å². The Balaban J connectivity index is 1.66. The monoisotopic (exact) mass is 346 g/mol. The summed E-state index contributed by atoms with van der Waals surface area (Å²) in [6, 6.07) is 3.86. The summed E-state index contributed by atoms with van der Waals surface area (Å²) in [6.45, 7) is 3.11. The molecule has 2 aromatic rings. The van der Waals surface area contributed by atoms with Crippen molar-refractivity contribution in [2.24, 2.45) is 0 Å². The van der Waals surface area contributed by atoms with E-state index in [1.54, 1.807) is 30.3 Å². The largest absolute Gasteiger partial charge is 0.481 e. The number of carbonyl (C=O) groups excluding carboxylic acids is 1. The number of hydrogen-bond acceptors (Lipinski definition) is 7. The normalized spacial score (nSPS) is 15.0. The van der Waals surface area contributed by atoms with E-state index in [9.17, 15) is 4.79 Å². The number of nitrogens with zero attached hydrogens (tertiary/aromatic N) is 6. The molecule has 0 unspecified atom stereocenters. The fraction of sp³-hybridized carbons (Fsp3) is 0.500. The van der Waals surface area contributed by atoms with Gasteiger partial charge in [0.1, 0.15) is 12.4 Å². The van der Waals surface area contributed by atoms with Crippen LogP contribution in [0, 0.1) is 0 Å². The number of rotatable bonds is 5. The minimum absolute atomic E-state index is 0.0726. The molecular weight excluding hydrogens is 324 g/mol. The lowest BCUT2D eigenvalue weighted by molar-refractivity contribution is -0.131. The smallest absolute Gasteiger partial charge is 0.321 e. The first-order chi connectivity index (χ1) is 12.2. The van der Waals surface area contributed by atoms with Crippen molar-refractivity contribution in [3.63, 3.8) is 0 Å². The van der Waals surface area contributed by atoms with Crippen molar-refractivity contribution in [3.05, 3.63) is 24.5 Å². The molecule has 1 aliphatic rings. The van der Waals surface area contributed by atoms with Gasteiger partial charge in [0.25, 0.3) is 0 Å². The minimum Gasteiger partial charge on any atom is -0.481 e. The van der Waals surface area contributed by atoms with E-state index < -0.39 is 0 Å². The van der Waals surface area contributed by atoms with Crippen molar-refractivity contribution in [2.75, 3.05) is 45.3 Å². The second kappa shape index (κ2) is 7.82. The van der Waals surface area contributed by atoms with Gasteiger partial charge in [-0.15, -0.1) is 0 Å². The molecule has 1 saturated heterocycles. The van der Waals surface area contributed by atoms with E-state index in [1.165, 1.54) is 7.11 Å². The van der Waals surface area contributed by atoms with Crippen molar-refractivity contribution >= 4 is 11.7 Å². The van der Waals surface area contributed by atoms with Crippen LogP contribution in [-0.4, -0.2) is 71.0 Å². The first kappa shape index (κ1) is 17.0. The summed E-state index contributed by atoms with van der Waals surface area (Å²) in [5.41, 5.74) is 0. The van der Waals surface area contributed by atoms with Crippen LogP contribution in [-0.2, 0) is 11.3 Å². The number of hydrogen-bond donors (Lipinski definition) is 0. The molecule has 0 spiro atoms. The third-order valence-electron chi connectivity index (χ3n) is 4.09. The van der Waals surface area contributed by atoms with E-state index in [-0.39, 0.29) is 18.5 Å². The number of anilines is 1. The SMILES string of the molecule is COc1cc(N2CCCN(C(=O)Cn3cccn3)CC2)nc(OC)n1. The average molecular weight is 346 g/mol. The maximum absolute atomic E-state index is 12.4. The summed E-state index contributed by atoms with van der Waals surface area (Å²) >= 11 is 0. The molecular formula is C16H22N6O3. The second-order valence-electron chi connectivity index (χ2n) is 5.68. The van der Waals surface area contributed by atoms with E-state index in [4.69, 9.17) is 9.47 Å². The summed E-state index contributed by atoms with van der Waals surface area (Å²) in [5.74, 6) is 1.27. The summed E-state index contributed by atoms with van der Waals surface area (Å²) in [6.07, 6.45) is 4.33. The molecule has 25 heavy (non-hydrogen) atoms. The predicted molar refractivity (Wildman–Crippen MR) is 90.8 cm³/mol. The molecule has 1 amide bonds. The second-order valence-corrected chi connectivity index (χ2v) is 5.68. The number of methoxy groups -OCH3 is 2. The molecule has 134 valence electrons. The molecule has 0 saturated carbocycles. The van der Waals surface area contributed by atoms with Gasteiger partial charge >= 0.3 is 6.01 Å². The zero-order chi connectivity index (χ0) is 17.6. The summed E-state index contributed by atoms with van der Waals surface area (Å²) in [4.78, 5) is 24.9. The molecule has 0 aliphatic carbocycles. The van der Waals surface area contributed by atoms with Crippen LogP contribution in [0.1, 0.15) is 6.42 Å². The van der Waals surface area contributed by atoms with Crippen LogP contribution in [0.2, 0.25) is 0 Å². The lowest BCUT2D eigenvalue weighted by atomic mass is 10.3. The number of amides is 1. The minimum atomic E-state index is 0.0726. The fourth-order valence-corrected chi connectivity index (χ4v) is 2.78. The first-order valence-electron chi connectivity index (χ1n) is 8.17. The van der Waals surface area contributed by atoms with Crippen molar-refractivity contribution < 1.29 is 14.3 Å². The van der Waals surface area contributed by atoms with E-state index >= 15 is 0 Å². The fourth-order valence-electron chi connectivity index (χ4n) is 2.78. The molecule has 9 heteroatoms. The Morgan fingerprint density at radius 2 is 2.04 bits per heavy atom. The molecule has 1 aliphatic heterocycles. The molecule has 3 heterocycles. The molecule has 0 N–H and O–H groups in total. The third kappa shape index (κ3) is 4.17. The van der Waals surface area contributed by atoms with Gasteiger partial charge in [-0.2, -0.15) is 15.1 Å². The Morgan fingerprint density at radius 3 is 2.76 bits per heavy atom. The molecule has 9 nitrogen and oxygen atoms in total. The van der Waals surface area contributed by atoms with Gasteiger partial charge in [-0.3, -0.25) is 9.48 Å². The molecule has 0 atom stereocenters. The van der Waals surface area contributed by atoms with Gasteiger partial charge in [-0.1, -0.05) is 0 Å². The molecule has 1 fully saturated rings. The van der Waals surface area contributed by atoms with Gasteiger partial charge < -0.3 is 19.3 Å². The maximum Gasteiger partial charge on any atom is 0.321 e. The Labute approximate surface area is 146 Å². The topological polar surface area (TPSA) is 85.6 Å². The Morgan fingerprint density at radius 1 is 1.16 bits per heavy atom. The quantitative estimate of drug-likeness (QED) is 0.776. The Bertz CT molecular complexity index is 684. The van der Waals surface area contributed by atoms with Crippen LogP contribution in [0.15, 0.2) is 24.5 Å². The number of carbonyl (C=O) groups is 1. The first-order valence-corrected chi connectivity index (χ1v) is 8.17. The van der Waals surface area contributed by atoms with Crippen LogP contribution in [0.3, 0.4) is 0 Å². The van der Waals surface area contributed by atoms with Crippen LogP contribution in [0.25, 0.3) is 0 Å². The Kier molecular flexibility index (Phi) is 5.32. The molecule has 0 bridgehead atoms. The van der Waals surface area contributed by atoms with Gasteiger partial charge in [-0.25, -0.2) is 0 Å². The van der Waals surface area contributed by atoms with Crippen LogP contribution >= 0.6 is 0 Å². The van der Waals surface area contributed by atoms with Gasteiger partial charge in [0.2, 0.25) is 11.8 Å². The van der Waals surface area contributed by atoms with Crippen LogP contribution in [0.4, 0.5) is 5.82 Å². The van der Waals surface area contributed by atoms with Crippen molar-refractivity contribution in [1.29, 1.82) is 0 Å². The van der Waals surface area contributed by atoms with E-state index in [0.717, 1.165) is 25.3 Å². The van der Waals surface area contributed by atoms with Gasteiger partial charge in [0.05, 0.1) is 14.2 Å².